The van der Waals surface area contributed by atoms with E-state index in [2.05, 4.69) is 15.7 Å². The second-order valence-corrected chi connectivity index (χ2v) is 15.2. The van der Waals surface area contributed by atoms with Crippen LogP contribution in [0.4, 0.5) is 14.5 Å². The summed E-state index contributed by atoms with van der Waals surface area (Å²) >= 11 is 6.30. The number of anilines is 1. The van der Waals surface area contributed by atoms with Crippen molar-refractivity contribution in [2.45, 2.75) is 75.2 Å². The Labute approximate surface area is 274 Å². The molecular weight excluding hydrogens is 636 g/mol. The molecule has 8 nitrogen and oxygen atoms in total. The van der Waals surface area contributed by atoms with Gasteiger partial charge in [-0.1, -0.05) is 29.8 Å². The highest BCUT2D eigenvalue weighted by Gasteiger charge is 2.46. The Hall–Kier alpha value is -3.18. The zero-order valence-corrected chi connectivity index (χ0v) is 27.3. The number of carbonyl (C=O) groups excluding carboxylic acids is 2. The molecule has 0 unspecified atom stereocenters. The van der Waals surface area contributed by atoms with Gasteiger partial charge in [-0.25, -0.2) is 21.9 Å². The maximum absolute atomic E-state index is 13.7. The van der Waals surface area contributed by atoms with Crippen LogP contribution in [0.15, 0.2) is 53.4 Å². The van der Waals surface area contributed by atoms with E-state index in [9.17, 15) is 26.8 Å². The standard InChI is InChI=1S/C34H40ClF2N3O5S/c35-28-12-11-27-20-45-31-14-13-29-18-30(31)39(15-5-4-7-24(27)16-28)19-26-10-9-23(26)6-2-1-3-8-25(33(42)38-46(29,43)44)17-32(41)40-21-34(36,37)22-40/h1-2,11-14,16,18,23,25-26H,3-10,15,17,19-22H2,(H,38,42)/b2-1+/t23-,25+,26+/m1/s1. The third-order valence-corrected chi connectivity index (χ3v) is 11.4. The molecule has 0 spiro atoms. The second kappa shape index (κ2) is 13.5. The first-order valence-electron chi connectivity index (χ1n) is 16.1. The maximum atomic E-state index is 13.7. The first-order valence-corrected chi connectivity index (χ1v) is 18.0. The molecule has 0 radical (unpaired) electrons. The molecule has 3 atom stereocenters. The number of carbonyl (C=O) groups is 2. The Morgan fingerprint density at radius 3 is 2.59 bits per heavy atom. The average Bonchev–Trinajstić information content (AvgIpc) is 3.01. The van der Waals surface area contributed by atoms with Crippen LogP contribution in [-0.4, -0.2) is 57.2 Å². The van der Waals surface area contributed by atoms with Crippen molar-refractivity contribution in [3.8, 4) is 5.75 Å². The molecule has 4 aliphatic rings. The van der Waals surface area contributed by atoms with Gasteiger partial charge in [0.25, 0.3) is 15.9 Å². The normalized spacial score (nSPS) is 26.8. The van der Waals surface area contributed by atoms with E-state index in [4.69, 9.17) is 16.3 Å². The van der Waals surface area contributed by atoms with Gasteiger partial charge in [-0.3, -0.25) is 9.59 Å². The fraction of sp³-hybridized carbons (Fsp3) is 0.529. The molecule has 6 rings (SSSR count). The summed E-state index contributed by atoms with van der Waals surface area (Å²) in [6.07, 6.45) is 10.2. The third-order valence-electron chi connectivity index (χ3n) is 9.80. The summed E-state index contributed by atoms with van der Waals surface area (Å²) in [7, 11) is -4.33. The van der Waals surface area contributed by atoms with Crippen LogP contribution in [0.2, 0.25) is 5.02 Å². The van der Waals surface area contributed by atoms with Crippen LogP contribution in [0.25, 0.3) is 0 Å². The number of sulfonamides is 1. The lowest BCUT2D eigenvalue weighted by Crippen LogP contribution is -2.58. The number of likely N-dealkylation sites (tertiary alicyclic amines) is 1. The smallest absolute Gasteiger partial charge is 0.282 e. The number of hydrogen-bond acceptors (Lipinski definition) is 6. The highest BCUT2D eigenvalue weighted by Crippen LogP contribution is 2.41. The van der Waals surface area contributed by atoms with Gasteiger partial charge in [0.05, 0.1) is 23.7 Å². The number of halogens is 3. The first kappa shape index (κ1) is 32.7. The molecule has 1 N–H and O–H groups in total. The Morgan fingerprint density at radius 1 is 1.02 bits per heavy atom. The van der Waals surface area contributed by atoms with Gasteiger partial charge in [-0.05, 0) is 105 Å². The monoisotopic (exact) mass is 675 g/mol. The van der Waals surface area contributed by atoms with Crippen LogP contribution < -0.4 is 14.4 Å². The van der Waals surface area contributed by atoms with Gasteiger partial charge in [-0.15, -0.1) is 0 Å². The summed E-state index contributed by atoms with van der Waals surface area (Å²) in [6.45, 7) is 0.401. The molecule has 1 saturated heterocycles. The quantitative estimate of drug-likeness (QED) is 0.386. The molecule has 3 heterocycles. The minimum absolute atomic E-state index is 0.0835. The van der Waals surface area contributed by atoms with Crippen LogP contribution in [0.5, 0.6) is 5.75 Å². The van der Waals surface area contributed by atoms with Crippen molar-refractivity contribution in [2.75, 3.05) is 31.1 Å². The van der Waals surface area contributed by atoms with E-state index in [1.807, 2.05) is 24.3 Å². The van der Waals surface area contributed by atoms with Gasteiger partial charge >= 0.3 is 0 Å². The number of rotatable bonds is 2. The van der Waals surface area contributed by atoms with E-state index in [-0.39, 0.29) is 17.7 Å². The van der Waals surface area contributed by atoms with Crippen molar-refractivity contribution in [3.05, 3.63) is 64.7 Å². The van der Waals surface area contributed by atoms with Crippen molar-refractivity contribution in [1.82, 2.24) is 9.62 Å². The Balaban J connectivity index is 1.31. The van der Waals surface area contributed by atoms with Gasteiger partial charge in [0.2, 0.25) is 11.8 Å². The SMILES string of the molecule is O=C1NS(=O)(=O)c2ccc3c(c2)N(CCCCc2cc(Cl)ccc2CO3)C[C@@H]2CC[C@H]2C/C=C/CC[C@H]1CC(=O)N1CC(F)(F)C1. The molecule has 2 fully saturated rings. The maximum Gasteiger partial charge on any atom is 0.282 e. The number of benzene rings is 2. The van der Waals surface area contributed by atoms with E-state index in [1.165, 1.54) is 6.07 Å². The predicted molar refractivity (Wildman–Crippen MR) is 172 cm³/mol. The molecule has 1 aliphatic carbocycles. The summed E-state index contributed by atoms with van der Waals surface area (Å²) in [6, 6.07) is 10.4. The summed E-state index contributed by atoms with van der Waals surface area (Å²) in [5.74, 6) is -3.84. The van der Waals surface area contributed by atoms with E-state index in [0.717, 1.165) is 61.1 Å². The van der Waals surface area contributed by atoms with Crippen molar-refractivity contribution in [2.24, 2.45) is 17.8 Å². The van der Waals surface area contributed by atoms with Gasteiger partial charge in [-0.2, -0.15) is 0 Å². The Morgan fingerprint density at radius 2 is 1.83 bits per heavy atom. The van der Waals surface area contributed by atoms with Crippen molar-refractivity contribution in [3.63, 3.8) is 0 Å². The number of aryl methyl sites for hydroxylation is 1. The molecule has 2 aromatic rings. The molecule has 46 heavy (non-hydrogen) atoms. The van der Waals surface area contributed by atoms with Gasteiger partial charge < -0.3 is 14.5 Å². The Bertz CT molecular complexity index is 1610. The van der Waals surface area contributed by atoms with E-state index < -0.39 is 46.8 Å². The number of fused-ring (bicyclic) bond motifs is 3. The van der Waals surface area contributed by atoms with Crippen LogP contribution >= 0.6 is 11.6 Å². The highest BCUT2D eigenvalue weighted by molar-refractivity contribution is 7.90. The van der Waals surface area contributed by atoms with E-state index in [0.29, 0.717) is 47.9 Å². The molecule has 1 saturated carbocycles. The average molecular weight is 676 g/mol. The van der Waals surface area contributed by atoms with Crippen molar-refractivity contribution >= 4 is 39.1 Å². The number of hydrogen-bond donors (Lipinski definition) is 1. The molecule has 3 aliphatic heterocycles. The second-order valence-electron chi connectivity index (χ2n) is 13.1. The van der Waals surface area contributed by atoms with Gasteiger partial charge in [0.1, 0.15) is 12.4 Å². The molecule has 2 amide bonds. The topological polar surface area (TPSA) is 96.0 Å². The lowest BCUT2D eigenvalue weighted by Gasteiger charge is -2.41. The number of nitrogens with zero attached hydrogens (tertiary/aromatic N) is 2. The van der Waals surface area contributed by atoms with E-state index in [1.54, 1.807) is 12.1 Å². The number of alkyl halides is 2. The summed E-state index contributed by atoms with van der Waals surface area (Å²) in [5.41, 5.74) is 2.82. The molecular formula is C34H40ClF2N3O5S. The van der Waals surface area contributed by atoms with Crippen molar-refractivity contribution < 1.29 is 31.5 Å². The van der Waals surface area contributed by atoms with Gasteiger partial charge in [0.15, 0.2) is 0 Å². The first-order chi connectivity index (χ1) is 22.0. The minimum Gasteiger partial charge on any atom is -0.487 e. The number of allylic oxidation sites excluding steroid dienone is 2. The minimum atomic E-state index is -4.33. The molecule has 248 valence electrons. The summed E-state index contributed by atoms with van der Waals surface area (Å²) in [4.78, 5) is 29.3. The Kier molecular flexibility index (Phi) is 9.62. The summed E-state index contributed by atoms with van der Waals surface area (Å²) < 4.78 is 62.7. The zero-order valence-electron chi connectivity index (χ0n) is 25.7. The van der Waals surface area contributed by atoms with Crippen LogP contribution in [0.3, 0.4) is 0 Å². The van der Waals surface area contributed by atoms with Crippen molar-refractivity contribution in [1.29, 1.82) is 0 Å². The van der Waals surface area contributed by atoms with Crippen LogP contribution in [-0.2, 0) is 32.6 Å². The fourth-order valence-corrected chi connectivity index (χ4v) is 8.13. The number of ether oxygens (including phenoxy) is 1. The number of amides is 2. The predicted octanol–water partition coefficient (Wildman–Crippen LogP) is 6.12. The van der Waals surface area contributed by atoms with E-state index >= 15 is 0 Å². The van der Waals surface area contributed by atoms with Crippen LogP contribution in [0, 0.1) is 17.8 Å². The van der Waals surface area contributed by atoms with Crippen LogP contribution in [0.1, 0.15) is 62.5 Å². The summed E-state index contributed by atoms with van der Waals surface area (Å²) in [5, 5.41) is 0.676. The lowest BCUT2D eigenvalue weighted by atomic mass is 9.71. The molecule has 12 heteroatoms. The number of nitrogens with one attached hydrogen (secondary N) is 1. The lowest BCUT2D eigenvalue weighted by molar-refractivity contribution is -0.167. The largest absolute Gasteiger partial charge is 0.487 e. The zero-order chi connectivity index (χ0) is 32.5. The molecule has 2 bridgehead atoms. The highest BCUT2D eigenvalue weighted by atomic mass is 35.5. The third kappa shape index (κ3) is 7.51. The molecule has 2 aromatic carbocycles. The molecule has 0 aromatic heterocycles. The fourth-order valence-electron chi connectivity index (χ4n) is 6.87. The van der Waals surface area contributed by atoms with Gasteiger partial charge in [0, 0.05) is 30.5 Å².